The minimum atomic E-state index is -4.53. The lowest BCUT2D eigenvalue weighted by Crippen LogP contribution is -2.39. The number of nitrogens with zero attached hydrogens (tertiary/aromatic N) is 3. The van der Waals surface area contributed by atoms with Gasteiger partial charge in [0.15, 0.2) is 0 Å². The van der Waals surface area contributed by atoms with Crippen molar-refractivity contribution in [3.63, 3.8) is 0 Å². The second kappa shape index (κ2) is 11.9. The minimum Gasteiger partial charge on any atom is -0.317 e. The molecule has 0 radical (unpaired) electrons. The van der Waals surface area contributed by atoms with Gasteiger partial charge < -0.3 is 4.57 Å². The van der Waals surface area contributed by atoms with Crippen molar-refractivity contribution in [1.82, 2.24) is 14.3 Å². The summed E-state index contributed by atoms with van der Waals surface area (Å²) in [7, 11) is -4.00. The Morgan fingerprint density at radius 2 is 1.55 bits per heavy atom. The molecule has 0 aliphatic rings. The second-order valence-corrected chi connectivity index (χ2v) is 11.0. The first kappa shape index (κ1) is 28.8. The van der Waals surface area contributed by atoms with Crippen LogP contribution in [-0.2, 0) is 27.5 Å². The van der Waals surface area contributed by atoms with Crippen LogP contribution in [0.1, 0.15) is 28.1 Å². The normalized spacial score (nSPS) is 12.2. The summed E-state index contributed by atoms with van der Waals surface area (Å²) in [5.41, 5.74) is 3.78. The summed E-state index contributed by atoms with van der Waals surface area (Å²) >= 11 is 0. The van der Waals surface area contributed by atoms with Crippen molar-refractivity contribution in [3.05, 3.63) is 119 Å². The number of aromatic nitrogens is 1. The van der Waals surface area contributed by atoms with E-state index in [4.69, 9.17) is 0 Å². The van der Waals surface area contributed by atoms with E-state index in [0.29, 0.717) is 22.5 Å². The molecule has 0 fully saturated rings. The van der Waals surface area contributed by atoms with Crippen LogP contribution in [0, 0.1) is 13.8 Å². The second-order valence-electron chi connectivity index (χ2n) is 9.04. The molecule has 40 heavy (non-hydrogen) atoms. The van der Waals surface area contributed by atoms with Crippen LogP contribution < -0.4 is 5.43 Å². The Morgan fingerprint density at radius 3 is 2.20 bits per heavy atom. The predicted molar refractivity (Wildman–Crippen MR) is 146 cm³/mol. The summed E-state index contributed by atoms with van der Waals surface area (Å²) in [5, 5.41) is 3.95. The molecule has 1 N–H and O–H groups in total. The van der Waals surface area contributed by atoms with Gasteiger partial charge in [-0.1, -0.05) is 60.7 Å². The van der Waals surface area contributed by atoms with E-state index >= 15 is 0 Å². The standard InChI is InChI=1S/C29H27F3N4O3S/c1-21-17-24(22(2)36(21)27-16-10-9-15-26(27)29(30,31)32)18-33-34-28(37)20-35(19-23-11-5-3-6-12-23)40(38,39)25-13-7-4-8-14-25/h3-18H,19-20H2,1-2H3,(H,34,37)/b33-18+. The van der Waals surface area contributed by atoms with E-state index in [9.17, 15) is 26.4 Å². The number of rotatable bonds is 9. The molecule has 1 amide bonds. The van der Waals surface area contributed by atoms with Crippen molar-refractivity contribution < 1.29 is 26.4 Å². The largest absolute Gasteiger partial charge is 0.418 e. The lowest BCUT2D eigenvalue weighted by atomic mass is 10.1. The van der Waals surface area contributed by atoms with E-state index in [1.54, 1.807) is 68.4 Å². The topological polar surface area (TPSA) is 83.8 Å². The minimum absolute atomic E-state index is 0.0173. The molecule has 11 heteroatoms. The summed E-state index contributed by atoms with van der Waals surface area (Å²) in [6, 6.07) is 23.6. The summed E-state index contributed by atoms with van der Waals surface area (Å²) in [6.45, 7) is 2.79. The molecule has 0 saturated carbocycles. The summed E-state index contributed by atoms with van der Waals surface area (Å²) in [5.74, 6) is -0.678. The first-order valence-electron chi connectivity index (χ1n) is 12.2. The average molecular weight is 569 g/mol. The lowest BCUT2D eigenvalue weighted by molar-refractivity contribution is -0.137. The Bertz CT molecular complexity index is 1620. The highest BCUT2D eigenvalue weighted by molar-refractivity contribution is 7.89. The quantitative estimate of drug-likeness (QED) is 0.215. The van der Waals surface area contributed by atoms with Crippen molar-refractivity contribution in [2.24, 2.45) is 5.10 Å². The van der Waals surface area contributed by atoms with E-state index in [1.807, 2.05) is 0 Å². The maximum Gasteiger partial charge on any atom is 0.418 e. The van der Waals surface area contributed by atoms with Gasteiger partial charge in [0.1, 0.15) is 0 Å². The highest BCUT2D eigenvalue weighted by Crippen LogP contribution is 2.35. The van der Waals surface area contributed by atoms with E-state index < -0.39 is 34.2 Å². The van der Waals surface area contributed by atoms with Crippen molar-refractivity contribution in [2.45, 2.75) is 31.5 Å². The van der Waals surface area contributed by atoms with Gasteiger partial charge in [-0.05, 0) is 49.7 Å². The molecule has 1 heterocycles. The van der Waals surface area contributed by atoms with Crippen LogP contribution in [0.4, 0.5) is 13.2 Å². The molecule has 0 aliphatic carbocycles. The summed E-state index contributed by atoms with van der Waals surface area (Å²) < 4.78 is 69.9. The smallest absolute Gasteiger partial charge is 0.317 e. The molecular weight excluding hydrogens is 541 g/mol. The first-order valence-corrected chi connectivity index (χ1v) is 13.7. The molecule has 4 aromatic rings. The van der Waals surface area contributed by atoms with Crippen LogP contribution in [-0.4, -0.2) is 36.0 Å². The first-order chi connectivity index (χ1) is 19.0. The molecular formula is C29H27F3N4O3S. The van der Waals surface area contributed by atoms with Gasteiger partial charge in [0.05, 0.1) is 28.9 Å². The SMILES string of the molecule is Cc1cc(/C=N/NC(=O)CN(Cc2ccccc2)S(=O)(=O)c2ccccc2)c(C)n1-c1ccccc1C(F)(F)F. The number of carbonyl (C=O) groups is 1. The fourth-order valence-corrected chi connectivity index (χ4v) is 5.73. The maximum absolute atomic E-state index is 13.6. The number of alkyl halides is 3. The number of amides is 1. The number of hydrazone groups is 1. The fraction of sp³-hybridized carbons (Fsp3) is 0.172. The third kappa shape index (κ3) is 6.49. The summed E-state index contributed by atoms with van der Waals surface area (Å²) in [4.78, 5) is 12.8. The van der Waals surface area contributed by atoms with Gasteiger partial charge in [0.2, 0.25) is 10.0 Å². The van der Waals surface area contributed by atoms with Crippen LogP contribution in [0.5, 0.6) is 0 Å². The summed E-state index contributed by atoms with van der Waals surface area (Å²) in [6.07, 6.45) is -3.21. The van der Waals surface area contributed by atoms with E-state index in [2.05, 4.69) is 10.5 Å². The van der Waals surface area contributed by atoms with Crippen molar-refractivity contribution in [3.8, 4) is 5.69 Å². The Hall–Kier alpha value is -4.22. The van der Waals surface area contributed by atoms with Crippen molar-refractivity contribution in [2.75, 3.05) is 6.54 Å². The van der Waals surface area contributed by atoms with E-state index in [-0.39, 0.29) is 17.1 Å². The molecule has 208 valence electrons. The van der Waals surface area contributed by atoms with Crippen molar-refractivity contribution in [1.29, 1.82) is 0 Å². The van der Waals surface area contributed by atoms with Gasteiger partial charge in [-0.25, -0.2) is 13.8 Å². The molecule has 1 aromatic heterocycles. The Morgan fingerprint density at radius 1 is 0.950 bits per heavy atom. The molecule has 0 atom stereocenters. The van der Waals surface area contributed by atoms with Crippen LogP contribution >= 0.6 is 0 Å². The lowest BCUT2D eigenvalue weighted by Gasteiger charge is -2.21. The van der Waals surface area contributed by atoms with Crippen LogP contribution in [0.25, 0.3) is 5.69 Å². The van der Waals surface area contributed by atoms with Gasteiger partial charge in [-0.2, -0.15) is 22.6 Å². The fourth-order valence-electron chi connectivity index (χ4n) is 4.32. The highest BCUT2D eigenvalue weighted by atomic mass is 32.2. The number of carbonyl (C=O) groups excluding carboxylic acids is 1. The van der Waals surface area contributed by atoms with Gasteiger partial charge >= 0.3 is 6.18 Å². The number of halogens is 3. The van der Waals surface area contributed by atoms with Gasteiger partial charge in [-0.3, -0.25) is 4.79 Å². The number of nitrogens with one attached hydrogen (secondary N) is 1. The number of para-hydroxylation sites is 1. The molecule has 0 aliphatic heterocycles. The molecule has 0 unspecified atom stereocenters. The molecule has 0 spiro atoms. The molecule has 3 aromatic carbocycles. The van der Waals surface area contributed by atoms with Crippen LogP contribution in [0.3, 0.4) is 0 Å². The van der Waals surface area contributed by atoms with Gasteiger partial charge in [0.25, 0.3) is 5.91 Å². The molecule has 0 saturated heterocycles. The monoisotopic (exact) mass is 568 g/mol. The third-order valence-corrected chi connectivity index (χ3v) is 8.02. The zero-order valence-corrected chi connectivity index (χ0v) is 22.6. The number of hydrogen-bond donors (Lipinski definition) is 1. The number of aryl methyl sites for hydroxylation is 1. The van der Waals surface area contributed by atoms with E-state index in [0.717, 1.165) is 10.4 Å². The van der Waals surface area contributed by atoms with Gasteiger partial charge in [-0.15, -0.1) is 0 Å². The Balaban J connectivity index is 1.53. The van der Waals surface area contributed by atoms with Crippen LogP contribution in [0.15, 0.2) is 101 Å². The van der Waals surface area contributed by atoms with Gasteiger partial charge in [0, 0.05) is 23.5 Å². The molecule has 0 bridgehead atoms. The zero-order chi connectivity index (χ0) is 28.9. The zero-order valence-electron chi connectivity index (χ0n) is 21.8. The molecule has 7 nitrogen and oxygen atoms in total. The molecule has 4 rings (SSSR count). The third-order valence-electron chi connectivity index (χ3n) is 6.22. The number of benzene rings is 3. The highest BCUT2D eigenvalue weighted by Gasteiger charge is 2.34. The number of hydrogen-bond acceptors (Lipinski definition) is 4. The Kier molecular flexibility index (Phi) is 8.55. The maximum atomic E-state index is 13.6. The van der Waals surface area contributed by atoms with Crippen LogP contribution in [0.2, 0.25) is 0 Å². The van der Waals surface area contributed by atoms with Crippen molar-refractivity contribution >= 4 is 22.1 Å². The number of sulfonamides is 1. The average Bonchev–Trinajstić information content (AvgIpc) is 3.21. The van der Waals surface area contributed by atoms with E-state index in [1.165, 1.54) is 41.1 Å². The predicted octanol–water partition coefficient (Wildman–Crippen LogP) is 5.45. The Labute approximate surface area is 230 Å².